The quantitative estimate of drug-likeness (QED) is 0.679. The number of carbonyl (C=O) groups excluding carboxylic acids is 2. The van der Waals surface area contributed by atoms with Gasteiger partial charge in [0.15, 0.2) is 0 Å². The van der Waals surface area contributed by atoms with E-state index in [2.05, 4.69) is 15.5 Å². The van der Waals surface area contributed by atoms with Crippen molar-refractivity contribution in [2.75, 3.05) is 0 Å². The summed E-state index contributed by atoms with van der Waals surface area (Å²) in [7, 11) is 0. The van der Waals surface area contributed by atoms with Gasteiger partial charge in [-0.1, -0.05) is 0 Å². The van der Waals surface area contributed by atoms with Crippen molar-refractivity contribution in [1.82, 2.24) is 15.5 Å². The van der Waals surface area contributed by atoms with Crippen molar-refractivity contribution in [3.63, 3.8) is 0 Å². The molecule has 5 heteroatoms. The van der Waals surface area contributed by atoms with Gasteiger partial charge in [-0.25, -0.2) is 0 Å². The van der Waals surface area contributed by atoms with Crippen molar-refractivity contribution >= 4 is 11.7 Å². The summed E-state index contributed by atoms with van der Waals surface area (Å²) in [5.74, 6) is -0.385. The van der Waals surface area contributed by atoms with Gasteiger partial charge in [-0.2, -0.15) is 5.10 Å². The molecular weight excluding hydrogens is 182 g/mol. The summed E-state index contributed by atoms with van der Waals surface area (Å²) in [5, 5.41) is 9.22. The first-order chi connectivity index (χ1) is 6.59. The van der Waals surface area contributed by atoms with Crippen LogP contribution < -0.4 is 5.32 Å². The third-order valence-electron chi connectivity index (χ3n) is 1.82. The predicted molar refractivity (Wildman–Crippen MR) is 50.5 cm³/mol. The van der Waals surface area contributed by atoms with Crippen LogP contribution in [0.4, 0.5) is 0 Å². The molecule has 0 radical (unpaired) electrons. The molecule has 76 valence electrons. The number of nitrogens with zero attached hydrogens (tertiary/aromatic N) is 1. The van der Waals surface area contributed by atoms with Crippen LogP contribution in [0.15, 0.2) is 6.20 Å². The smallest absolute Gasteiger partial charge is 0.227 e. The normalized spacial score (nSPS) is 9.86. The van der Waals surface area contributed by atoms with Crippen molar-refractivity contribution in [1.29, 1.82) is 0 Å². The van der Waals surface area contributed by atoms with Crippen LogP contribution in [-0.2, 0) is 16.1 Å². The third-order valence-corrected chi connectivity index (χ3v) is 1.82. The van der Waals surface area contributed by atoms with E-state index >= 15 is 0 Å². The van der Waals surface area contributed by atoms with Crippen molar-refractivity contribution in [3.05, 3.63) is 17.5 Å². The molecule has 1 aromatic rings. The number of hydrogen-bond donors (Lipinski definition) is 2. The number of ketones is 1. The Morgan fingerprint density at radius 3 is 2.79 bits per heavy atom. The molecule has 0 aliphatic carbocycles. The van der Waals surface area contributed by atoms with E-state index in [-0.39, 0.29) is 18.1 Å². The monoisotopic (exact) mass is 195 g/mol. The molecule has 1 amide bonds. The SMILES string of the molecule is CC(=O)CC(=O)NCc1cn[nH]c1C. The summed E-state index contributed by atoms with van der Waals surface area (Å²) in [6, 6.07) is 0. The van der Waals surface area contributed by atoms with Gasteiger partial charge >= 0.3 is 0 Å². The summed E-state index contributed by atoms with van der Waals surface area (Å²) in [6.07, 6.45) is 1.60. The molecule has 0 atom stereocenters. The topological polar surface area (TPSA) is 74.8 Å². The van der Waals surface area contributed by atoms with Gasteiger partial charge < -0.3 is 5.32 Å². The van der Waals surface area contributed by atoms with E-state index in [1.54, 1.807) is 6.20 Å². The van der Waals surface area contributed by atoms with Gasteiger partial charge in [0.05, 0.1) is 12.6 Å². The standard InChI is InChI=1S/C9H13N3O2/c1-6(13)3-9(14)10-4-8-5-11-12-7(8)2/h5H,3-4H2,1-2H3,(H,10,14)(H,11,12). The van der Waals surface area contributed by atoms with Crippen molar-refractivity contribution in [3.8, 4) is 0 Å². The maximum Gasteiger partial charge on any atom is 0.227 e. The fraction of sp³-hybridized carbons (Fsp3) is 0.444. The first-order valence-electron chi connectivity index (χ1n) is 4.34. The number of aromatic nitrogens is 2. The third kappa shape index (κ3) is 3.01. The minimum atomic E-state index is -0.252. The second-order valence-electron chi connectivity index (χ2n) is 3.18. The number of Topliss-reactive ketones (excluding diaryl/α,β-unsaturated/α-hetero) is 1. The van der Waals surface area contributed by atoms with Crippen LogP contribution in [0.2, 0.25) is 0 Å². The minimum Gasteiger partial charge on any atom is -0.352 e. The van der Waals surface area contributed by atoms with E-state index in [0.29, 0.717) is 6.54 Å². The van der Waals surface area contributed by atoms with Crippen LogP contribution in [0.25, 0.3) is 0 Å². The van der Waals surface area contributed by atoms with E-state index in [1.165, 1.54) is 6.92 Å². The van der Waals surface area contributed by atoms with Gasteiger partial charge in [-0.05, 0) is 13.8 Å². The Hall–Kier alpha value is -1.65. The highest BCUT2D eigenvalue weighted by Crippen LogP contribution is 2.01. The van der Waals surface area contributed by atoms with Gasteiger partial charge in [0.2, 0.25) is 5.91 Å². The summed E-state index contributed by atoms with van der Waals surface area (Å²) >= 11 is 0. The van der Waals surface area contributed by atoms with Crippen molar-refractivity contribution in [2.24, 2.45) is 0 Å². The summed E-state index contributed by atoms with van der Waals surface area (Å²) in [6.45, 7) is 3.68. The van der Waals surface area contributed by atoms with Gasteiger partial charge in [-0.3, -0.25) is 14.7 Å². The zero-order chi connectivity index (χ0) is 10.6. The lowest BCUT2D eigenvalue weighted by Gasteiger charge is -2.01. The molecule has 5 nitrogen and oxygen atoms in total. The van der Waals surface area contributed by atoms with Gasteiger partial charge in [0.25, 0.3) is 0 Å². The molecule has 0 bridgehead atoms. The van der Waals surface area contributed by atoms with E-state index in [0.717, 1.165) is 11.3 Å². The lowest BCUT2D eigenvalue weighted by molar-refractivity contribution is -0.127. The lowest BCUT2D eigenvalue weighted by atomic mass is 10.2. The molecule has 1 heterocycles. The highest BCUT2D eigenvalue weighted by Gasteiger charge is 2.06. The molecule has 1 rings (SSSR count). The second kappa shape index (κ2) is 4.55. The predicted octanol–water partition coefficient (Wildman–Crippen LogP) is 0.313. The Balaban J connectivity index is 2.38. The summed E-state index contributed by atoms with van der Waals surface area (Å²) in [4.78, 5) is 21.7. The molecule has 0 spiro atoms. The molecule has 0 fully saturated rings. The van der Waals surface area contributed by atoms with Crippen LogP contribution in [0.1, 0.15) is 24.6 Å². The Kier molecular flexibility index (Phi) is 3.39. The Bertz CT molecular complexity index is 344. The fourth-order valence-electron chi connectivity index (χ4n) is 1.04. The molecule has 0 unspecified atom stereocenters. The number of carbonyl (C=O) groups is 2. The Labute approximate surface area is 81.9 Å². The van der Waals surface area contributed by atoms with Gasteiger partial charge in [0.1, 0.15) is 5.78 Å². The van der Waals surface area contributed by atoms with Gasteiger partial charge in [-0.15, -0.1) is 0 Å². The molecule has 0 aliphatic heterocycles. The van der Waals surface area contributed by atoms with Crippen molar-refractivity contribution < 1.29 is 9.59 Å². The Morgan fingerprint density at radius 2 is 2.29 bits per heavy atom. The molecule has 2 N–H and O–H groups in total. The lowest BCUT2D eigenvalue weighted by Crippen LogP contribution is -2.24. The van der Waals surface area contributed by atoms with E-state index < -0.39 is 0 Å². The average Bonchev–Trinajstić information content (AvgIpc) is 2.46. The average molecular weight is 195 g/mol. The maximum absolute atomic E-state index is 11.1. The van der Waals surface area contributed by atoms with E-state index in [9.17, 15) is 9.59 Å². The van der Waals surface area contributed by atoms with Crippen LogP contribution in [-0.4, -0.2) is 21.9 Å². The van der Waals surface area contributed by atoms with E-state index in [1.807, 2.05) is 6.92 Å². The molecule has 0 aliphatic rings. The van der Waals surface area contributed by atoms with Crippen LogP contribution in [0.5, 0.6) is 0 Å². The molecule has 14 heavy (non-hydrogen) atoms. The fourth-order valence-corrected chi connectivity index (χ4v) is 1.04. The molecule has 1 aromatic heterocycles. The maximum atomic E-state index is 11.1. The zero-order valence-corrected chi connectivity index (χ0v) is 8.26. The van der Waals surface area contributed by atoms with E-state index in [4.69, 9.17) is 0 Å². The molecular formula is C9H13N3O2. The number of H-pyrrole nitrogens is 1. The van der Waals surface area contributed by atoms with Gasteiger partial charge in [0, 0.05) is 17.8 Å². The number of nitrogens with one attached hydrogen (secondary N) is 2. The molecule has 0 saturated heterocycles. The second-order valence-corrected chi connectivity index (χ2v) is 3.18. The highest BCUT2D eigenvalue weighted by molar-refractivity contribution is 5.96. The van der Waals surface area contributed by atoms with Crippen LogP contribution >= 0.6 is 0 Å². The molecule has 0 aromatic carbocycles. The molecule has 0 saturated carbocycles. The number of rotatable bonds is 4. The number of aromatic amines is 1. The number of aryl methyl sites for hydroxylation is 1. The Morgan fingerprint density at radius 1 is 1.57 bits per heavy atom. The first kappa shape index (κ1) is 10.4. The number of amides is 1. The largest absolute Gasteiger partial charge is 0.352 e. The summed E-state index contributed by atoms with van der Waals surface area (Å²) < 4.78 is 0. The minimum absolute atomic E-state index is 0.0586. The van der Waals surface area contributed by atoms with Crippen LogP contribution in [0, 0.1) is 6.92 Å². The zero-order valence-electron chi connectivity index (χ0n) is 8.26. The first-order valence-corrected chi connectivity index (χ1v) is 4.34. The summed E-state index contributed by atoms with van der Waals surface area (Å²) in [5.41, 5.74) is 1.86. The highest BCUT2D eigenvalue weighted by atomic mass is 16.2. The van der Waals surface area contributed by atoms with Crippen LogP contribution in [0.3, 0.4) is 0 Å². The van der Waals surface area contributed by atoms with Crippen molar-refractivity contribution in [2.45, 2.75) is 26.8 Å². The number of hydrogen-bond acceptors (Lipinski definition) is 3.